The number of nitrogens with two attached hydrogens (primary N) is 1. The lowest BCUT2D eigenvalue weighted by Gasteiger charge is -2.14. The van der Waals surface area contributed by atoms with Crippen molar-refractivity contribution in [3.8, 4) is 0 Å². The van der Waals surface area contributed by atoms with E-state index in [1.807, 2.05) is 11.3 Å². The molecular weight excluding hydrogens is 226 g/mol. The van der Waals surface area contributed by atoms with Crippen molar-refractivity contribution < 1.29 is 0 Å². The van der Waals surface area contributed by atoms with E-state index in [9.17, 15) is 0 Å². The van der Waals surface area contributed by atoms with Crippen molar-refractivity contribution >= 4 is 11.3 Å². The third-order valence-corrected chi connectivity index (χ3v) is 4.05. The van der Waals surface area contributed by atoms with Crippen LogP contribution in [0.5, 0.6) is 0 Å². The first-order valence-electron chi connectivity index (χ1n) is 6.17. The molecule has 0 aliphatic carbocycles. The summed E-state index contributed by atoms with van der Waals surface area (Å²) in [6.07, 6.45) is 3.58. The third-order valence-electron chi connectivity index (χ3n) is 3.11. The molecule has 0 saturated carbocycles. The van der Waals surface area contributed by atoms with Crippen LogP contribution in [0.25, 0.3) is 0 Å². The molecule has 90 valence electrons. The van der Waals surface area contributed by atoms with Crippen molar-refractivity contribution in [1.82, 2.24) is 0 Å². The van der Waals surface area contributed by atoms with E-state index in [1.54, 1.807) is 0 Å². The second kappa shape index (κ2) is 6.58. The summed E-state index contributed by atoms with van der Waals surface area (Å²) in [6.45, 7) is 0.744. The molecule has 0 spiro atoms. The zero-order chi connectivity index (χ0) is 11.9. The molecule has 0 bridgehead atoms. The van der Waals surface area contributed by atoms with Crippen LogP contribution in [-0.4, -0.2) is 6.54 Å². The summed E-state index contributed by atoms with van der Waals surface area (Å²) in [6, 6.07) is 14.9. The van der Waals surface area contributed by atoms with Gasteiger partial charge in [-0.2, -0.15) is 0 Å². The zero-order valence-electron chi connectivity index (χ0n) is 10.0. The Morgan fingerprint density at radius 3 is 2.53 bits per heavy atom. The molecule has 1 nitrogen and oxygen atoms in total. The molecule has 0 radical (unpaired) electrons. The van der Waals surface area contributed by atoms with Gasteiger partial charge in [0.05, 0.1) is 0 Å². The molecule has 2 aromatic rings. The van der Waals surface area contributed by atoms with Crippen molar-refractivity contribution in [1.29, 1.82) is 0 Å². The van der Waals surface area contributed by atoms with Crippen LogP contribution in [0.15, 0.2) is 47.8 Å². The highest BCUT2D eigenvalue weighted by Gasteiger charge is 2.08. The van der Waals surface area contributed by atoms with Gasteiger partial charge in [0, 0.05) is 4.88 Å². The number of benzene rings is 1. The van der Waals surface area contributed by atoms with E-state index in [4.69, 9.17) is 5.73 Å². The van der Waals surface area contributed by atoms with Gasteiger partial charge < -0.3 is 5.73 Å². The minimum Gasteiger partial charge on any atom is -0.330 e. The van der Waals surface area contributed by atoms with Crippen LogP contribution in [0.4, 0.5) is 0 Å². The average Bonchev–Trinajstić information content (AvgIpc) is 2.89. The van der Waals surface area contributed by atoms with Crippen LogP contribution < -0.4 is 5.73 Å². The predicted molar refractivity (Wildman–Crippen MR) is 75.5 cm³/mol. The van der Waals surface area contributed by atoms with E-state index in [2.05, 4.69) is 47.8 Å². The first-order chi connectivity index (χ1) is 8.40. The molecule has 1 atom stereocenters. The second-order valence-corrected chi connectivity index (χ2v) is 5.35. The van der Waals surface area contributed by atoms with Gasteiger partial charge in [0.25, 0.3) is 0 Å². The van der Waals surface area contributed by atoms with Gasteiger partial charge in [-0.05, 0) is 48.7 Å². The fourth-order valence-electron chi connectivity index (χ4n) is 2.12. The maximum Gasteiger partial charge on any atom is 0.00452 e. The van der Waals surface area contributed by atoms with Gasteiger partial charge in [0.2, 0.25) is 0 Å². The molecule has 0 aliphatic rings. The van der Waals surface area contributed by atoms with Crippen molar-refractivity contribution in [3.05, 3.63) is 58.3 Å². The molecule has 2 N–H and O–H groups in total. The van der Waals surface area contributed by atoms with E-state index in [0.717, 1.165) is 6.54 Å². The van der Waals surface area contributed by atoms with Crippen LogP contribution in [0, 0.1) is 0 Å². The van der Waals surface area contributed by atoms with E-state index in [1.165, 1.54) is 29.7 Å². The lowest BCUT2D eigenvalue weighted by atomic mass is 9.93. The number of hydrogen-bond donors (Lipinski definition) is 1. The Morgan fingerprint density at radius 1 is 1.06 bits per heavy atom. The maximum absolute atomic E-state index is 5.87. The Bertz CT molecular complexity index is 408. The molecule has 1 aromatic heterocycles. The Labute approximate surface area is 107 Å². The largest absolute Gasteiger partial charge is 0.330 e. The van der Waals surface area contributed by atoms with Gasteiger partial charge in [-0.3, -0.25) is 0 Å². The summed E-state index contributed by atoms with van der Waals surface area (Å²) in [5.74, 6) is 0.510. The fourth-order valence-corrected chi connectivity index (χ4v) is 2.87. The van der Waals surface area contributed by atoms with Crippen LogP contribution in [0.3, 0.4) is 0 Å². The first-order valence-corrected chi connectivity index (χ1v) is 7.05. The Hall–Kier alpha value is -1.12. The standard InChI is InChI=1S/C15H19NS/c16-12-14(13-6-2-1-3-7-13)8-4-9-15-10-5-11-17-15/h1-3,5-7,10-11,14H,4,8-9,12,16H2. The summed E-state index contributed by atoms with van der Waals surface area (Å²) in [5.41, 5.74) is 7.24. The molecule has 0 saturated heterocycles. The van der Waals surface area contributed by atoms with Crippen molar-refractivity contribution in [3.63, 3.8) is 0 Å². The summed E-state index contributed by atoms with van der Waals surface area (Å²) < 4.78 is 0. The molecule has 0 aliphatic heterocycles. The molecule has 2 heteroatoms. The minimum absolute atomic E-state index is 0.510. The molecular formula is C15H19NS. The number of hydrogen-bond acceptors (Lipinski definition) is 2. The summed E-state index contributed by atoms with van der Waals surface area (Å²) in [4.78, 5) is 1.48. The average molecular weight is 245 g/mol. The first kappa shape index (κ1) is 12.3. The van der Waals surface area contributed by atoms with E-state index >= 15 is 0 Å². The van der Waals surface area contributed by atoms with Crippen LogP contribution in [-0.2, 0) is 6.42 Å². The SMILES string of the molecule is NCC(CCCc1cccs1)c1ccccc1. The van der Waals surface area contributed by atoms with Crippen molar-refractivity contribution in [2.45, 2.75) is 25.2 Å². The minimum atomic E-state index is 0.510. The molecule has 2 rings (SSSR count). The number of thiophene rings is 1. The second-order valence-electron chi connectivity index (χ2n) is 4.31. The van der Waals surface area contributed by atoms with Gasteiger partial charge in [-0.15, -0.1) is 11.3 Å². The molecule has 17 heavy (non-hydrogen) atoms. The Balaban J connectivity index is 1.84. The predicted octanol–water partition coefficient (Wildman–Crippen LogP) is 3.81. The van der Waals surface area contributed by atoms with Gasteiger partial charge in [-0.25, -0.2) is 0 Å². The lowest BCUT2D eigenvalue weighted by Crippen LogP contribution is -2.12. The molecule has 0 fully saturated rings. The molecule has 1 aromatic carbocycles. The molecule has 1 unspecified atom stereocenters. The van der Waals surface area contributed by atoms with Gasteiger partial charge in [0.15, 0.2) is 0 Å². The zero-order valence-corrected chi connectivity index (χ0v) is 10.8. The fraction of sp³-hybridized carbons (Fsp3) is 0.333. The van der Waals surface area contributed by atoms with Gasteiger partial charge >= 0.3 is 0 Å². The monoisotopic (exact) mass is 245 g/mol. The Morgan fingerprint density at radius 2 is 1.88 bits per heavy atom. The van der Waals surface area contributed by atoms with Crippen molar-refractivity contribution in [2.24, 2.45) is 5.73 Å². The summed E-state index contributed by atoms with van der Waals surface area (Å²) in [5, 5.41) is 2.15. The van der Waals surface area contributed by atoms with Crippen LogP contribution in [0.1, 0.15) is 29.2 Å². The topological polar surface area (TPSA) is 26.0 Å². The number of rotatable bonds is 6. The lowest BCUT2D eigenvalue weighted by molar-refractivity contribution is 0.601. The molecule has 0 amide bonds. The maximum atomic E-state index is 5.87. The highest BCUT2D eigenvalue weighted by Crippen LogP contribution is 2.22. The Kier molecular flexibility index (Phi) is 4.77. The van der Waals surface area contributed by atoms with Gasteiger partial charge in [-0.1, -0.05) is 36.4 Å². The summed E-state index contributed by atoms with van der Waals surface area (Å²) in [7, 11) is 0. The molecule has 1 heterocycles. The normalized spacial score (nSPS) is 12.5. The van der Waals surface area contributed by atoms with Gasteiger partial charge in [0.1, 0.15) is 0 Å². The van der Waals surface area contributed by atoms with E-state index < -0.39 is 0 Å². The highest BCUT2D eigenvalue weighted by atomic mass is 32.1. The van der Waals surface area contributed by atoms with E-state index in [0.29, 0.717) is 5.92 Å². The van der Waals surface area contributed by atoms with Crippen LogP contribution >= 0.6 is 11.3 Å². The highest BCUT2D eigenvalue weighted by molar-refractivity contribution is 7.09. The quantitative estimate of drug-likeness (QED) is 0.822. The third kappa shape index (κ3) is 3.69. The van der Waals surface area contributed by atoms with Crippen LogP contribution in [0.2, 0.25) is 0 Å². The summed E-state index contributed by atoms with van der Waals surface area (Å²) >= 11 is 1.85. The van der Waals surface area contributed by atoms with E-state index in [-0.39, 0.29) is 0 Å². The van der Waals surface area contributed by atoms with Crippen molar-refractivity contribution in [2.75, 3.05) is 6.54 Å². The number of aryl methyl sites for hydroxylation is 1. The smallest absolute Gasteiger partial charge is 0.00452 e.